The van der Waals surface area contributed by atoms with E-state index in [4.69, 9.17) is 5.73 Å². The Balaban J connectivity index is 0.00000220. The van der Waals surface area contributed by atoms with Crippen LogP contribution in [0.25, 0.3) is 0 Å². The highest BCUT2D eigenvalue weighted by Crippen LogP contribution is 2.31. The molecule has 1 heterocycles. The molecule has 0 spiro atoms. The summed E-state index contributed by atoms with van der Waals surface area (Å²) in [6.07, 6.45) is 6.64. The lowest BCUT2D eigenvalue weighted by Gasteiger charge is -2.32. The van der Waals surface area contributed by atoms with Crippen molar-refractivity contribution < 1.29 is 4.79 Å². The Morgan fingerprint density at radius 1 is 1.43 bits per heavy atom. The quantitative estimate of drug-likeness (QED) is 0.869. The number of thiazole rings is 1. The van der Waals surface area contributed by atoms with Gasteiger partial charge in [0.2, 0.25) is 0 Å². The van der Waals surface area contributed by atoms with Crippen LogP contribution in [0.3, 0.4) is 0 Å². The van der Waals surface area contributed by atoms with Gasteiger partial charge >= 0.3 is 0 Å². The highest BCUT2D eigenvalue weighted by atomic mass is 35.5. The number of nitrogens with two attached hydrogens (primary N) is 1. The van der Waals surface area contributed by atoms with Crippen molar-refractivity contribution in [2.24, 2.45) is 17.6 Å². The maximum atomic E-state index is 12.2. The van der Waals surface area contributed by atoms with Gasteiger partial charge in [-0.1, -0.05) is 39.0 Å². The molecule has 120 valence electrons. The first kappa shape index (κ1) is 18.4. The van der Waals surface area contributed by atoms with Crippen molar-refractivity contribution in [3.8, 4) is 0 Å². The Morgan fingerprint density at radius 2 is 2.10 bits per heavy atom. The second-order valence-corrected chi connectivity index (χ2v) is 6.79. The van der Waals surface area contributed by atoms with Crippen molar-refractivity contribution in [1.82, 2.24) is 10.3 Å². The predicted octanol–water partition coefficient (Wildman–Crippen LogP) is 3.36. The molecule has 1 aromatic heterocycles. The molecule has 0 saturated heterocycles. The van der Waals surface area contributed by atoms with Crippen molar-refractivity contribution in [3.63, 3.8) is 0 Å². The van der Waals surface area contributed by atoms with Gasteiger partial charge in [0.05, 0.1) is 0 Å². The summed E-state index contributed by atoms with van der Waals surface area (Å²) in [6.45, 7) is 4.76. The van der Waals surface area contributed by atoms with Gasteiger partial charge in [0.15, 0.2) is 0 Å². The molecule has 4 nitrogen and oxygen atoms in total. The number of nitrogens with zero attached hydrogens (tertiary/aromatic N) is 1. The van der Waals surface area contributed by atoms with Crippen LogP contribution in [0, 0.1) is 11.8 Å². The average Bonchev–Trinajstić information content (AvgIpc) is 2.96. The van der Waals surface area contributed by atoms with E-state index in [1.807, 2.05) is 0 Å². The Labute approximate surface area is 137 Å². The van der Waals surface area contributed by atoms with E-state index in [0.717, 1.165) is 10.9 Å². The lowest BCUT2D eigenvalue weighted by molar-refractivity contribution is 0.0907. The van der Waals surface area contributed by atoms with Crippen LogP contribution < -0.4 is 11.1 Å². The van der Waals surface area contributed by atoms with Gasteiger partial charge in [-0.3, -0.25) is 4.79 Å². The monoisotopic (exact) mass is 331 g/mol. The van der Waals surface area contributed by atoms with Gasteiger partial charge in [0.1, 0.15) is 10.7 Å². The number of hydrogen-bond acceptors (Lipinski definition) is 4. The lowest BCUT2D eigenvalue weighted by atomic mass is 9.78. The Bertz CT molecular complexity index is 446. The number of aromatic nitrogens is 1. The van der Waals surface area contributed by atoms with Gasteiger partial charge < -0.3 is 11.1 Å². The average molecular weight is 332 g/mol. The van der Waals surface area contributed by atoms with Gasteiger partial charge in [-0.2, -0.15) is 0 Å². The summed E-state index contributed by atoms with van der Waals surface area (Å²) in [5.41, 5.74) is 6.02. The van der Waals surface area contributed by atoms with Crippen LogP contribution in [0.15, 0.2) is 5.38 Å². The Hall–Kier alpha value is -0.650. The van der Waals surface area contributed by atoms with Crippen molar-refractivity contribution in [1.29, 1.82) is 0 Å². The van der Waals surface area contributed by atoms with Gasteiger partial charge in [0.25, 0.3) is 5.91 Å². The number of nitrogens with one attached hydrogen (secondary N) is 1. The zero-order valence-corrected chi connectivity index (χ0v) is 14.4. The van der Waals surface area contributed by atoms with Gasteiger partial charge in [-0.05, 0) is 18.8 Å². The van der Waals surface area contributed by atoms with Crippen molar-refractivity contribution in [2.75, 3.05) is 0 Å². The van der Waals surface area contributed by atoms with E-state index >= 15 is 0 Å². The first-order valence-corrected chi connectivity index (χ1v) is 8.45. The fourth-order valence-corrected chi connectivity index (χ4v) is 3.64. The Morgan fingerprint density at radius 3 is 2.67 bits per heavy atom. The number of hydrogen-bond donors (Lipinski definition) is 2. The maximum Gasteiger partial charge on any atom is 0.270 e. The highest BCUT2D eigenvalue weighted by molar-refractivity contribution is 7.09. The molecule has 2 unspecified atom stereocenters. The van der Waals surface area contributed by atoms with Crippen LogP contribution in [-0.2, 0) is 6.54 Å². The number of carbonyl (C=O) groups is 1. The maximum absolute atomic E-state index is 12.2. The minimum Gasteiger partial charge on any atom is -0.348 e. The second-order valence-electron chi connectivity index (χ2n) is 5.85. The van der Waals surface area contributed by atoms with E-state index in [2.05, 4.69) is 24.1 Å². The lowest BCUT2D eigenvalue weighted by Crippen LogP contribution is -2.40. The molecule has 1 fully saturated rings. The standard InChI is InChI=1S/C15H25N3OS.ClH/c1-10(12-6-4-3-5-7-12)11(2)17-15(19)13-9-20-14(8-16)18-13;/h9-12H,3-8,16H2,1-2H3,(H,17,19);1H. The molecule has 3 N–H and O–H groups in total. The van der Waals surface area contributed by atoms with Crippen LogP contribution in [0.1, 0.15) is 61.4 Å². The minimum absolute atomic E-state index is 0. The minimum atomic E-state index is -0.0730. The molecule has 0 aromatic carbocycles. The van der Waals surface area contributed by atoms with E-state index in [1.165, 1.54) is 43.4 Å². The molecule has 1 aromatic rings. The van der Waals surface area contributed by atoms with Crippen molar-refractivity contribution in [3.05, 3.63) is 16.1 Å². The molecule has 6 heteroatoms. The smallest absolute Gasteiger partial charge is 0.270 e. The van der Waals surface area contributed by atoms with E-state index < -0.39 is 0 Å². The van der Waals surface area contributed by atoms with E-state index in [0.29, 0.717) is 18.2 Å². The molecule has 1 saturated carbocycles. The summed E-state index contributed by atoms with van der Waals surface area (Å²) in [7, 11) is 0. The largest absolute Gasteiger partial charge is 0.348 e. The number of halogens is 1. The summed E-state index contributed by atoms with van der Waals surface area (Å²) in [5, 5.41) is 5.69. The van der Waals surface area contributed by atoms with E-state index in [1.54, 1.807) is 5.38 Å². The van der Waals surface area contributed by atoms with Crippen LogP contribution in [0.5, 0.6) is 0 Å². The third-order valence-electron chi connectivity index (χ3n) is 4.50. The fraction of sp³-hybridized carbons (Fsp3) is 0.733. The fourth-order valence-electron chi connectivity index (χ4n) is 2.99. The summed E-state index contributed by atoms with van der Waals surface area (Å²) < 4.78 is 0. The van der Waals surface area contributed by atoms with Crippen LogP contribution >= 0.6 is 23.7 Å². The number of amides is 1. The molecular formula is C15H26ClN3OS. The Kier molecular flexibility index (Phi) is 7.63. The summed E-state index contributed by atoms with van der Waals surface area (Å²) >= 11 is 1.44. The molecule has 2 atom stereocenters. The first-order valence-electron chi connectivity index (χ1n) is 7.57. The molecule has 2 rings (SSSR count). The third kappa shape index (κ3) is 4.94. The van der Waals surface area contributed by atoms with Gasteiger partial charge in [0, 0.05) is 18.0 Å². The molecule has 21 heavy (non-hydrogen) atoms. The SMILES string of the molecule is CC(NC(=O)c1csc(CN)n1)C(C)C1CCCCC1.Cl. The number of carbonyl (C=O) groups excluding carboxylic acids is 1. The first-order chi connectivity index (χ1) is 9.61. The van der Waals surface area contributed by atoms with E-state index in [-0.39, 0.29) is 24.4 Å². The molecule has 0 aliphatic heterocycles. The van der Waals surface area contributed by atoms with E-state index in [9.17, 15) is 4.79 Å². The summed E-state index contributed by atoms with van der Waals surface area (Å²) in [5.74, 6) is 1.19. The molecule has 1 aliphatic carbocycles. The molecule has 0 radical (unpaired) electrons. The highest BCUT2D eigenvalue weighted by Gasteiger charge is 2.26. The zero-order valence-electron chi connectivity index (χ0n) is 12.8. The normalized spacial score (nSPS) is 18.6. The predicted molar refractivity (Wildman–Crippen MR) is 89.9 cm³/mol. The third-order valence-corrected chi connectivity index (χ3v) is 5.37. The van der Waals surface area contributed by atoms with Gasteiger partial charge in [-0.25, -0.2) is 4.98 Å². The van der Waals surface area contributed by atoms with Crippen LogP contribution in [-0.4, -0.2) is 16.9 Å². The molecule has 1 amide bonds. The summed E-state index contributed by atoms with van der Waals surface area (Å²) in [4.78, 5) is 16.4. The number of rotatable bonds is 5. The molecule has 1 aliphatic rings. The molecule has 0 bridgehead atoms. The summed E-state index contributed by atoms with van der Waals surface area (Å²) in [6, 6.07) is 0.189. The van der Waals surface area contributed by atoms with Crippen molar-refractivity contribution in [2.45, 2.75) is 58.5 Å². The zero-order chi connectivity index (χ0) is 14.5. The topological polar surface area (TPSA) is 68.0 Å². The van der Waals surface area contributed by atoms with Crippen molar-refractivity contribution >= 4 is 29.7 Å². The second kappa shape index (κ2) is 8.71. The van der Waals surface area contributed by atoms with Crippen LogP contribution in [0.2, 0.25) is 0 Å². The van der Waals surface area contributed by atoms with Gasteiger partial charge in [-0.15, -0.1) is 23.7 Å². The van der Waals surface area contributed by atoms with Crippen LogP contribution in [0.4, 0.5) is 0 Å². The molecular weight excluding hydrogens is 306 g/mol.